The van der Waals surface area contributed by atoms with Crippen LogP contribution in [0.3, 0.4) is 0 Å². The summed E-state index contributed by atoms with van der Waals surface area (Å²) >= 11 is 0. The third-order valence-electron chi connectivity index (χ3n) is 6.45. The van der Waals surface area contributed by atoms with Gasteiger partial charge in [-0.3, -0.25) is 14.9 Å². The minimum Gasteiger partial charge on any atom is -0.368 e. The number of unbranched alkanes of at least 4 members (excludes halogenated alkanes) is 1. The van der Waals surface area contributed by atoms with E-state index in [1.807, 2.05) is 36.5 Å². The fourth-order valence-corrected chi connectivity index (χ4v) is 4.46. The van der Waals surface area contributed by atoms with Gasteiger partial charge in [0, 0.05) is 65.0 Å². The predicted molar refractivity (Wildman–Crippen MR) is 152 cm³/mol. The van der Waals surface area contributed by atoms with E-state index >= 15 is 0 Å². The van der Waals surface area contributed by atoms with E-state index in [0.29, 0.717) is 5.56 Å². The van der Waals surface area contributed by atoms with Crippen LogP contribution in [-0.4, -0.2) is 52.3 Å². The molecule has 1 amide bonds. The van der Waals surface area contributed by atoms with Crippen molar-refractivity contribution in [2.45, 2.75) is 19.4 Å². The van der Waals surface area contributed by atoms with E-state index in [1.54, 1.807) is 18.3 Å². The molecule has 0 aliphatic rings. The third-order valence-corrected chi connectivity index (χ3v) is 6.45. The number of amides is 1. The molecule has 0 radical (unpaired) electrons. The van der Waals surface area contributed by atoms with Crippen molar-refractivity contribution in [2.75, 3.05) is 31.5 Å². The number of pyridine rings is 2. The zero-order valence-corrected chi connectivity index (χ0v) is 21.2. The van der Waals surface area contributed by atoms with Gasteiger partial charge in [0.25, 0.3) is 0 Å². The molecule has 0 bridgehead atoms. The van der Waals surface area contributed by atoms with Crippen molar-refractivity contribution >= 4 is 33.4 Å². The van der Waals surface area contributed by atoms with Crippen molar-refractivity contribution in [3.05, 3.63) is 84.3 Å². The highest BCUT2D eigenvalue weighted by atomic mass is 16.1. The summed E-state index contributed by atoms with van der Waals surface area (Å²) in [5.74, 6) is 0.309. The summed E-state index contributed by atoms with van der Waals surface area (Å²) in [6, 6.07) is 19.6. The molecule has 0 unspecified atom stereocenters. The quantitative estimate of drug-likeness (QED) is 0.120. The van der Waals surface area contributed by atoms with Crippen LogP contribution < -0.4 is 21.7 Å². The van der Waals surface area contributed by atoms with E-state index in [0.717, 1.165) is 90.0 Å². The average Bonchev–Trinajstić information content (AvgIpc) is 3.43. The summed E-state index contributed by atoms with van der Waals surface area (Å²) in [7, 11) is 0. The zero-order chi connectivity index (χ0) is 26.2. The van der Waals surface area contributed by atoms with Crippen molar-refractivity contribution in [3.63, 3.8) is 0 Å². The number of fused-ring (bicyclic) bond motifs is 3. The maximum absolute atomic E-state index is 11.6. The number of carbonyl (C=O) groups is 1. The minimum absolute atomic E-state index is 0.442. The summed E-state index contributed by atoms with van der Waals surface area (Å²) in [4.78, 5) is 20.7. The molecule has 0 fully saturated rings. The van der Waals surface area contributed by atoms with Gasteiger partial charge >= 0.3 is 0 Å². The standard InChI is InChI=1S/C29H32N8O/c30-28(38)21-8-9-23-25-19-33-13-10-24(25)29(35-27(23)16-21)34-15-14-31-11-4-5-12-32-18-22-17-26(37-36-22)20-6-2-1-3-7-20/h1-3,6-10,13,16-17,19,31-32H,4-5,11-12,14-15,18H2,(H2,30,38)(H,34,35)(H,36,37). The monoisotopic (exact) mass is 508 g/mol. The summed E-state index contributed by atoms with van der Waals surface area (Å²) in [5, 5.41) is 20.8. The molecule has 0 saturated carbocycles. The fourth-order valence-electron chi connectivity index (χ4n) is 4.46. The number of hydrogen-bond donors (Lipinski definition) is 5. The number of primary amides is 1. The zero-order valence-electron chi connectivity index (χ0n) is 21.2. The topological polar surface area (TPSA) is 134 Å². The maximum atomic E-state index is 11.6. The SMILES string of the molecule is NC(=O)c1ccc2c(c1)nc(NCCNCCCCNCc1cc(-c3ccccc3)n[nH]1)c1ccncc12. The first-order valence-corrected chi connectivity index (χ1v) is 12.9. The molecule has 0 spiro atoms. The second-order valence-electron chi connectivity index (χ2n) is 9.18. The van der Waals surface area contributed by atoms with E-state index < -0.39 is 5.91 Å². The lowest BCUT2D eigenvalue weighted by molar-refractivity contribution is 0.100. The van der Waals surface area contributed by atoms with Crippen LogP contribution in [0.1, 0.15) is 28.9 Å². The van der Waals surface area contributed by atoms with Gasteiger partial charge in [0.05, 0.1) is 11.2 Å². The van der Waals surface area contributed by atoms with Crippen LogP contribution in [-0.2, 0) is 6.54 Å². The first-order chi connectivity index (χ1) is 18.7. The molecule has 38 heavy (non-hydrogen) atoms. The van der Waals surface area contributed by atoms with Crippen molar-refractivity contribution in [1.29, 1.82) is 0 Å². The smallest absolute Gasteiger partial charge is 0.248 e. The van der Waals surface area contributed by atoms with Crippen LogP contribution in [0.5, 0.6) is 0 Å². The van der Waals surface area contributed by atoms with Crippen molar-refractivity contribution in [2.24, 2.45) is 5.73 Å². The summed E-state index contributed by atoms with van der Waals surface area (Å²) in [6.07, 6.45) is 5.77. The van der Waals surface area contributed by atoms with Crippen LogP contribution in [0.15, 0.2) is 73.1 Å². The highest BCUT2D eigenvalue weighted by Gasteiger charge is 2.10. The normalized spacial score (nSPS) is 11.3. The van der Waals surface area contributed by atoms with E-state index in [-0.39, 0.29) is 0 Å². The van der Waals surface area contributed by atoms with Gasteiger partial charge in [-0.25, -0.2) is 4.98 Å². The van der Waals surface area contributed by atoms with Crippen molar-refractivity contribution < 1.29 is 4.79 Å². The molecule has 2 aromatic carbocycles. The molecular formula is C29H32N8O. The number of carbonyl (C=O) groups excluding carboxylic acids is 1. The van der Waals surface area contributed by atoms with Crippen LogP contribution in [0.2, 0.25) is 0 Å². The first kappa shape index (κ1) is 25.3. The Morgan fingerprint density at radius 3 is 2.55 bits per heavy atom. The van der Waals surface area contributed by atoms with Crippen molar-refractivity contribution in [3.8, 4) is 11.3 Å². The number of nitrogens with one attached hydrogen (secondary N) is 4. The van der Waals surface area contributed by atoms with Gasteiger partial charge in [-0.1, -0.05) is 36.4 Å². The molecule has 3 aromatic heterocycles. The van der Waals surface area contributed by atoms with Gasteiger partial charge in [0.2, 0.25) is 5.91 Å². The van der Waals surface area contributed by atoms with E-state index in [1.165, 1.54) is 0 Å². The molecule has 9 heteroatoms. The van der Waals surface area contributed by atoms with Crippen LogP contribution in [0.4, 0.5) is 5.82 Å². The van der Waals surface area contributed by atoms with Gasteiger partial charge < -0.3 is 21.7 Å². The van der Waals surface area contributed by atoms with Crippen molar-refractivity contribution in [1.82, 2.24) is 30.8 Å². The number of nitrogens with zero attached hydrogens (tertiary/aromatic N) is 3. The molecular weight excluding hydrogens is 476 g/mol. The summed E-state index contributed by atoms with van der Waals surface area (Å²) in [5.41, 5.74) is 9.80. The Morgan fingerprint density at radius 2 is 1.71 bits per heavy atom. The number of anilines is 1. The molecule has 0 atom stereocenters. The number of benzene rings is 2. The number of nitrogens with two attached hydrogens (primary N) is 1. The van der Waals surface area contributed by atoms with E-state index in [4.69, 9.17) is 10.7 Å². The Balaban J connectivity index is 1.02. The Bertz CT molecular complexity index is 1520. The Hall–Kier alpha value is -4.34. The lowest BCUT2D eigenvalue weighted by Crippen LogP contribution is -2.24. The van der Waals surface area contributed by atoms with E-state index in [2.05, 4.69) is 49.3 Å². The molecule has 3 heterocycles. The molecule has 0 saturated heterocycles. The Morgan fingerprint density at radius 1 is 0.868 bits per heavy atom. The second-order valence-corrected chi connectivity index (χ2v) is 9.18. The first-order valence-electron chi connectivity index (χ1n) is 12.9. The third kappa shape index (κ3) is 6.13. The molecule has 5 rings (SSSR count). The van der Waals surface area contributed by atoms with Gasteiger partial charge in [0.15, 0.2) is 0 Å². The highest BCUT2D eigenvalue weighted by molar-refractivity contribution is 6.11. The van der Waals surface area contributed by atoms with Gasteiger partial charge in [-0.2, -0.15) is 5.10 Å². The fraction of sp³-hybridized carbons (Fsp3) is 0.241. The highest BCUT2D eigenvalue weighted by Crippen LogP contribution is 2.29. The molecule has 9 nitrogen and oxygen atoms in total. The lowest BCUT2D eigenvalue weighted by atomic mass is 10.1. The number of rotatable bonds is 13. The Labute approximate surface area is 221 Å². The van der Waals surface area contributed by atoms with Crippen LogP contribution in [0.25, 0.3) is 32.9 Å². The number of aromatic amines is 1. The number of H-pyrrole nitrogens is 1. The number of hydrogen-bond acceptors (Lipinski definition) is 7. The number of aromatic nitrogens is 4. The lowest BCUT2D eigenvalue weighted by Gasteiger charge is -2.12. The molecule has 194 valence electrons. The molecule has 0 aliphatic heterocycles. The summed E-state index contributed by atoms with van der Waals surface area (Å²) < 4.78 is 0. The summed E-state index contributed by atoms with van der Waals surface area (Å²) in [6.45, 7) is 4.22. The van der Waals surface area contributed by atoms with Crippen LogP contribution >= 0.6 is 0 Å². The molecule has 5 aromatic rings. The second kappa shape index (κ2) is 12.3. The average molecular weight is 509 g/mol. The van der Waals surface area contributed by atoms with E-state index in [9.17, 15) is 4.79 Å². The van der Waals surface area contributed by atoms with Gasteiger partial charge in [0.1, 0.15) is 5.82 Å². The predicted octanol–water partition coefficient (Wildman–Crippen LogP) is 3.84. The van der Waals surface area contributed by atoms with Gasteiger partial charge in [-0.05, 0) is 50.2 Å². The van der Waals surface area contributed by atoms with Crippen LogP contribution in [0, 0.1) is 0 Å². The molecule has 0 aliphatic carbocycles. The maximum Gasteiger partial charge on any atom is 0.248 e. The largest absolute Gasteiger partial charge is 0.368 e. The minimum atomic E-state index is -0.465. The Kier molecular flexibility index (Phi) is 8.17. The van der Waals surface area contributed by atoms with Gasteiger partial charge in [-0.15, -0.1) is 0 Å². The molecule has 6 N–H and O–H groups in total.